The lowest BCUT2D eigenvalue weighted by Crippen LogP contribution is -2.05. The van der Waals surface area contributed by atoms with E-state index in [2.05, 4.69) is 20.3 Å². The zero-order valence-electron chi connectivity index (χ0n) is 12.6. The molecule has 0 aliphatic carbocycles. The van der Waals surface area contributed by atoms with Gasteiger partial charge in [0.25, 0.3) is 0 Å². The van der Waals surface area contributed by atoms with Gasteiger partial charge in [0.15, 0.2) is 21.9 Å². The smallest absolute Gasteiger partial charge is 0.339 e. The van der Waals surface area contributed by atoms with Crippen LogP contribution >= 0.6 is 23.2 Å². The summed E-state index contributed by atoms with van der Waals surface area (Å²) in [5, 5.41) is 3.22. The van der Waals surface area contributed by atoms with E-state index in [0.717, 1.165) is 12.1 Å². The summed E-state index contributed by atoms with van der Waals surface area (Å²) < 4.78 is 39.3. The minimum absolute atomic E-state index is 0.141. The van der Waals surface area contributed by atoms with Crippen molar-refractivity contribution in [1.82, 2.24) is 19.5 Å². The van der Waals surface area contributed by atoms with Crippen molar-refractivity contribution in [2.24, 2.45) is 0 Å². The van der Waals surface area contributed by atoms with Gasteiger partial charge in [-0.2, -0.15) is 13.2 Å². The van der Waals surface area contributed by atoms with E-state index in [4.69, 9.17) is 23.2 Å². The second-order valence-electron chi connectivity index (χ2n) is 5.04. The van der Waals surface area contributed by atoms with Crippen LogP contribution in [-0.2, 0) is 6.18 Å². The Hall–Kier alpha value is -2.32. The van der Waals surface area contributed by atoms with Crippen molar-refractivity contribution in [3.63, 3.8) is 0 Å². The number of rotatable bonds is 3. The lowest BCUT2D eigenvalue weighted by atomic mass is 10.2. The molecule has 3 rings (SSSR count). The van der Waals surface area contributed by atoms with Crippen LogP contribution in [0.15, 0.2) is 36.7 Å². The summed E-state index contributed by atoms with van der Waals surface area (Å²) in [6.45, 7) is 1.70. The average molecular weight is 388 g/mol. The third kappa shape index (κ3) is 3.69. The fourth-order valence-electron chi connectivity index (χ4n) is 2.15. The molecule has 5 nitrogen and oxygen atoms in total. The third-order valence-electron chi connectivity index (χ3n) is 3.29. The highest BCUT2D eigenvalue weighted by Crippen LogP contribution is 2.30. The minimum Gasteiger partial charge on any atom is -0.339 e. The number of aromatic nitrogens is 4. The van der Waals surface area contributed by atoms with Crippen molar-refractivity contribution in [2.45, 2.75) is 13.1 Å². The summed E-state index contributed by atoms with van der Waals surface area (Å²) in [4.78, 5) is 12.4. The maximum absolute atomic E-state index is 12.6. The largest absolute Gasteiger partial charge is 0.416 e. The molecule has 0 fully saturated rings. The zero-order valence-corrected chi connectivity index (χ0v) is 14.2. The van der Waals surface area contributed by atoms with Crippen molar-refractivity contribution in [3.05, 3.63) is 58.4 Å². The van der Waals surface area contributed by atoms with Gasteiger partial charge in [-0.15, -0.1) is 0 Å². The van der Waals surface area contributed by atoms with Gasteiger partial charge < -0.3 is 5.32 Å². The maximum Gasteiger partial charge on any atom is 0.416 e. The Labute approximate surface area is 150 Å². The molecule has 0 amide bonds. The van der Waals surface area contributed by atoms with Crippen molar-refractivity contribution in [1.29, 1.82) is 0 Å². The minimum atomic E-state index is -4.38. The van der Waals surface area contributed by atoms with E-state index < -0.39 is 11.7 Å². The Kier molecular flexibility index (Phi) is 4.57. The van der Waals surface area contributed by atoms with Crippen LogP contribution in [0.4, 0.5) is 24.7 Å². The summed E-state index contributed by atoms with van der Waals surface area (Å²) in [6.07, 6.45) is -1.48. The second kappa shape index (κ2) is 6.53. The molecule has 25 heavy (non-hydrogen) atoms. The summed E-state index contributed by atoms with van der Waals surface area (Å²) in [7, 11) is 0. The molecule has 0 aliphatic heterocycles. The van der Waals surface area contributed by atoms with Crippen molar-refractivity contribution < 1.29 is 13.2 Å². The van der Waals surface area contributed by atoms with Gasteiger partial charge in [0, 0.05) is 5.69 Å². The molecule has 0 bridgehead atoms. The van der Waals surface area contributed by atoms with Gasteiger partial charge >= 0.3 is 6.18 Å². The summed E-state index contributed by atoms with van der Waals surface area (Å²) in [5.41, 5.74) is -0.292. The van der Waals surface area contributed by atoms with E-state index >= 15 is 0 Å². The van der Waals surface area contributed by atoms with Crippen molar-refractivity contribution in [2.75, 3.05) is 5.32 Å². The van der Waals surface area contributed by atoms with Crippen LogP contribution in [0.1, 0.15) is 11.4 Å². The fourth-order valence-corrected chi connectivity index (χ4v) is 2.61. The number of hydrogen-bond donors (Lipinski definition) is 1. The molecule has 2 heterocycles. The summed E-state index contributed by atoms with van der Waals surface area (Å²) in [5.74, 6) is 1.23. The molecule has 0 atom stereocenters. The lowest BCUT2D eigenvalue weighted by Gasteiger charge is -2.10. The van der Waals surface area contributed by atoms with Gasteiger partial charge in [-0.3, -0.25) is 9.55 Å². The lowest BCUT2D eigenvalue weighted by molar-refractivity contribution is -0.137. The molecule has 2 aromatic heterocycles. The quantitative estimate of drug-likeness (QED) is 0.683. The van der Waals surface area contributed by atoms with E-state index in [-0.39, 0.29) is 10.3 Å². The Morgan fingerprint density at radius 3 is 2.28 bits per heavy atom. The highest BCUT2D eigenvalue weighted by Gasteiger charge is 2.29. The second-order valence-corrected chi connectivity index (χ2v) is 5.75. The Bertz CT molecular complexity index is 907. The molecule has 0 saturated heterocycles. The molecular formula is C15H10Cl2F3N5. The average Bonchev–Trinajstić information content (AvgIpc) is 2.80. The Morgan fingerprint density at radius 2 is 1.72 bits per heavy atom. The standard InChI is InChI=1S/C15H10Cl2F3N5/c1-8-22-13(16)14(17)25(8)12-7-21-6-11(24-12)23-10-4-2-9(3-5-10)15(18,19)20/h2-7H,1H3,(H,23,24). The molecule has 3 aromatic rings. The van der Waals surface area contributed by atoms with Crippen LogP contribution in [-0.4, -0.2) is 19.5 Å². The molecule has 1 N–H and O–H groups in total. The van der Waals surface area contributed by atoms with E-state index in [9.17, 15) is 13.2 Å². The predicted octanol–water partition coefficient (Wildman–Crippen LogP) is 5.04. The van der Waals surface area contributed by atoms with Gasteiger partial charge in [0.1, 0.15) is 5.82 Å². The topological polar surface area (TPSA) is 55.6 Å². The maximum atomic E-state index is 12.6. The van der Waals surface area contributed by atoms with E-state index in [0.29, 0.717) is 23.1 Å². The number of halogens is 5. The van der Waals surface area contributed by atoms with Crippen molar-refractivity contribution in [3.8, 4) is 5.82 Å². The number of nitrogens with zero attached hydrogens (tertiary/aromatic N) is 4. The first-order valence-electron chi connectivity index (χ1n) is 6.93. The number of nitrogens with one attached hydrogen (secondary N) is 1. The van der Waals surface area contributed by atoms with Crippen molar-refractivity contribution >= 4 is 34.7 Å². The third-order valence-corrected chi connectivity index (χ3v) is 3.99. The summed E-state index contributed by atoms with van der Waals surface area (Å²) in [6, 6.07) is 4.58. The number of alkyl halides is 3. The van der Waals surface area contributed by atoms with Gasteiger partial charge in [-0.25, -0.2) is 9.97 Å². The number of hydrogen-bond acceptors (Lipinski definition) is 4. The van der Waals surface area contributed by atoms with Gasteiger partial charge in [-0.1, -0.05) is 23.2 Å². The van der Waals surface area contributed by atoms with Crippen LogP contribution in [0, 0.1) is 6.92 Å². The number of aryl methyl sites for hydroxylation is 1. The van der Waals surface area contributed by atoms with E-state index in [1.165, 1.54) is 29.1 Å². The molecule has 0 spiro atoms. The Balaban J connectivity index is 1.87. The van der Waals surface area contributed by atoms with Crippen LogP contribution in [0.2, 0.25) is 10.3 Å². The first-order chi connectivity index (χ1) is 11.8. The molecule has 0 radical (unpaired) electrons. The molecule has 0 unspecified atom stereocenters. The number of imidazole rings is 1. The molecule has 0 aliphatic rings. The molecule has 130 valence electrons. The normalized spacial score (nSPS) is 11.6. The molecular weight excluding hydrogens is 378 g/mol. The molecule has 10 heteroatoms. The zero-order chi connectivity index (χ0) is 18.2. The number of anilines is 2. The van der Waals surface area contributed by atoms with Crippen LogP contribution in [0.5, 0.6) is 0 Å². The Morgan fingerprint density at radius 1 is 1.04 bits per heavy atom. The predicted molar refractivity (Wildman–Crippen MR) is 88.6 cm³/mol. The first kappa shape index (κ1) is 17.5. The summed E-state index contributed by atoms with van der Waals surface area (Å²) >= 11 is 12.0. The van der Waals surface area contributed by atoms with Gasteiger partial charge in [-0.05, 0) is 31.2 Å². The first-order valence-corrected chi connectivity index (χ1v) is 7.68. The van der Waals surface area contributed by atoms with Crippen LogP contribution in [0.3, 0.4) is 0 Å². The highest BCUT2D eigenvalue weighted by atomic mass is 35.5. The van der Waals surface area contributed by atoms with E-state index in [1.807, 2.05) is 0 Å². The van der Waals surface area contributed by atoms with E-state index in [1.54, 1.807) is 6.92 Å². The van der Waals surface area contributed by atoms with Crippen LogP contribution in [0.25, 0.3) is 5.82 Å². The SMILES string of the molecule is Cc1nc(Cl)c(Cl)n1-c1cncc(Nc2ccc(C(F)(F)F)cc2)n1. The molecule has 0 saturated carbocycles. The molecule has 1 aromatic carbocycles. The van der Waals surface area contributed by atoms with Gasteiger partial charge in [0.05, 0.1) is 18.0 Å². The monoisotopic (exact) mass is 387 g/mol. The fraction of sp³-hybridized carbons (Fsp3) is 0.133. The number of benzene rings is 1. The van der Waals surface area contributed by atoms with Crippen LogP contribution < -0.4 is 5.32 Å². The van der Waals surface area contributed by atoms with Gasteiger partial charge in [0.2, 0.25) is 0 Å². The highest BCUT2D eigenvalue weighted by molar-refractivity contribution is 6.40.